The number of pyridine rings is 2. The van der Waals surface area contributed by atoms with Crippen molar-refractivity contribution in [1.82, 2.24) is 9.55 Å². The molecule has 0 unspecified atom stereocenters. The van der Waals surface area contributed by atoms with Gasteiger partial charge >= 0.3 is 0 Å². The zero-order chi connectivity index (χ0) is 17.6. The fourth-order valence-electron chi connectivity index (χ4n) is 2.16. The zero-order valence-electron chi connectivity index (χ0n) is 13.1. The smallest absolute Gasteiger partial charge is 0.258 e. The average Bonchev–Trinajstić information content (AvgIpc) is 2.61. The van der Waals surface area contributed by atoms with Gasteiger partial charge in [-0.05, 0) is 42.5 Å². The molecular weight excluding hydrogens is 347 g/mol. The van der Waals surface area contributed by atoms with Gasteiger partial charge in [0.2, 0.25) is 0 Å². The van der Waals surface area contributed by atoms with E-state index in [1.54, 1.807) is 30.6 Å². The Morgan fingerprint density at radius 2 is 1.84 bits per heavy atom. The highest BCUT2D eigenvalue weighted by atomic mass is 35.5. The van der Waals surface area contributed by atoms with Crippen molar-refractivity contribution in [2.24, 2.45) is 0 Å². The van der Waals surface area contributed by atoms with Crippen LogP contribution in [0, 0.1) is 5.82 Å². The van der Waals surface area contributed by atoms with E-state index in [1.165, 1.54) is 34.9 Å². The fourth-order valence-corrected chi connectivity index (χ4v) is 2.33. The van der Waals surface area contributed by atoms with Crippen LogP contribution in [0.4, 0.5) is 4.39 Å². The van der Waals surface area contributed by atoms with Gasteiger partial charge in [0.1, 0.15) is 24.8 Å². The Kier molecular flexibility index (Phi) is 5.30. The summed E-state index contributed by atoms with van der Waals surface area (Å²) < 4.78 is 25.3. The van der Waals surface area contributed by atoms with Crippen LogP contribution in [-0.2, 0) is 0 Å². The maximum absolute atomic E-state index is 13.0. The van der Waals surface area contributed by atoms with Crippen LogP contribution in [-0.4, -0.2) is 22.8 Å². The molecule has 7 heteroatoms. The lowest BCUT2D eigenvalue weighted by Gasteiger charge is -2.10. The summed E-state index contributed by atoms with van der Waals surface area (Å²) in [6.45, 7) is 0.498. The Morgan fingerprint density at radius 3 is 2.56 bits per heavy atom. The van der Waals surface area contributed by atoms with Gasteiger partial charge < -0.3 is 9.47 Å². The summed E-state index contributed by atoms with van der Waals surface area (Å²) >= 11 is 5.88. The minimum Gasteiger partial charge on any atom is -0.490 e. The number of aromatic nitrogens is 2. The van der Waals surface area contributed by atoms with E-state index >= 15 is 0 Å². The minimum absolute atomic E-state index is 0.241. The fraction of sp³-hybridized carbons (Fsp3) is 0.111. The van der Waals surface area contributed by atoms with E-state index in [0.29, 0.717) is 17.2 Å². The summed E-state index contributed by atoms with van der Waals surface area (Å²) in [7, 11) is 0. The molecule has 3 aromatic rings. The van der Waals surface area contributed by atoms with Crippen LogP contribution in [0.25, 0.3) is 5.69 Å². The van der Waals surface area contributed by atoms with Crippen LogP contribution in [0.2, 0.25) is 5.15 Å². The topological polar surface area (TPSA) is 53.4 Å². The molecule has 0 saturated carbocycles. The van der Waals surface area contributed by atoms with Crippen molar-refractivity contribution < 1.29 is 13.9 Å². The van der Waals surface area contributed by atoms with Crippen molar-refractivity contribution >= 4 is 11.6 Å². The first-order valence-corrected chi connectivity index (χ1v) is 7.86. The van der Waals surface area contributed by atoms with E-state index < -0.39 is 0 Å². The maximum atomic E-state index is 13.0. The van der Waals surface area contributed by atoms with Crippen molar-refractivity contribution in [2.75, 3.05) is 13.2 Å². The monoisotopic (exact) mass is 360 g/mol. The van der Waals surface area contributed by atoms with Crippen LogP contribution in [0.15, 0.2) is 65.7 Å². The lowest BCUT2D eigenvalue weighted by Crippen LogP contribution is -2.17. The quantitative estimate of drug-likeness (QED) is 0.499. The predicted molar refractivity (Wildman–Crippen MR) is 92.2 cm³/mol. The molecule has 0 spiro atoms. The molecule has 128 valence electrons. The molecule has 25 heavy (non-hydrogen) atoms. The number of hydrogen-bond acceptors (Lipinski definition) is 4. The molecule has 0 aliphatic rings. The molecule has 2 aromatic heterocycles. The first-order valence-electron chi connectivity index (χ1n) is 7.48. The van der Waals surface area contributed by atoms with Gasteiger partial charge in [-0.15, -0.1) is 0 Å². The molecular formula is C18H14ClFN2O3. The lowest BCUT2D eigenvalue weighted by atomic mass is 10.3. The highest BCUT2D eigenvalue weighted by Crippen LogP contribution is 2.20. The van der Waals surface area contributed by atoms with Gasteiger partial charge in [-0.3, -0.25) is 9.36 Å². The normalized spacial score (nSPS) is 10.5. The number of nitrogens with zero attached hydrogens (tertiary/aromatic N) is 2. The molecule has 0 bridgehead atoms. The third-order valence-electron chi connectivity index (χ3n) is 3.33. The Balaban J connectivity index is 1.59. The molecule has 1 aromatic carbocycles. The minimum atomic E-state index is -0.356. The summed E-state index contributed by atoms with van der Waals surface area (Å²) in [4.78, 5) is 16.1. The van der Waals surface area contributed by atoms with Crippen molar-refractivity contribution in [1.29, 1.82) is 0 Å². The summed E-state index contributed by atoms with van der Waals surface area (Å²) in [5, 5.41) is 0.282. The van der Waals surface area contributed by atoms with Crippen molar-refractivity contribution in [3.05, 3.63) is 82.2 Å². The number of benzene rings is 1. The second-order valence-electron chi connectivity index (χ2n) is 5.04. The highest BCUT2D eigenvalue weighted by molar-refractivity contribution is 6.30. The summed E-state index contributed by atoms with van der Waals surface area (Å²) in [6.07, 6.45) is 3.14. The van der Waals surface area contributed by atoms with Gasteiger partial charge in [0.05, 0.1) is 0 Å². The molecule has 0 fully saturated rings. The van der Waals surface area contributed by atoms with E-state index in [9.17, 15) is 9.18 Å². The Hall–Kier alpha value is -2.86. The van der Waals surface area contributed by atoms with Gasteiger partial charge in [-0.2, -0.15) is 0 Å². The van der Waals surface area contributed by atoms with E-state index in [1.807, 2.05) is 0 Å². The van der Waals surface area contributed by atoms with Gasteiger partial charge in [-0.1, -0.05) is 11.6 Å². The molecule has 0 amide bonds. The van der Waals surface area contributed by atoms with Crippen molar-refractivity contribution in [2.45, 2.75) is 0 Å². The predicted octanol–water partition coefficient (Wildman–Crippen LogP) is 3.48. The standard InChI is InChI=1S/C18H14ClFN2O3/c19-18-16(2-1-8-21-18)25-11-10-24-15-7-9-22(17(23)12-15)14-5-3-13(20)4-6-14/h1-9,12H,10-11H2. The van der Waals surface area contributed by atoms with Crippen molar-refractivity contribution in [3.63, 3.8) is 0 Å². The van der Waals surface area contributed by atoms with E-state index in [2.05, 4.69) is 4.98 Å². The molecule has 0 atom stereocenters. The maximum Gasteiger partial charge on any atom is 0.258 e. The second-order valence-corrected chi connectivity index (χ2v) is 5.39. The summed E-state index contributed by atoms with van der Waals surface area (Å²) in [5.41, 5.74) is 0.299. The van der Waals surface area contributed by atoms with Crippen LogP contribution in [0.3, 0.4) is 0 Å². The van der Waals surface area contributed by atoms with Crippen LogP contribution in [0.1, 0.15) is 0 Å². The zero-order valence-corrected chi connectivity index (χ0v) is 13.8. The van der Waals surface area contributed by atoms with Gasteiger partial charge in [0.15, 0.2) is 10.9 Å². The van der Waals surface area contributed by atoms with Gasteiger partial charge in [0.25, 0.3) is 5.56 Å². The molecule has 0 aliphatic heterocycles. The van der Waals surface area contributed by atoms with Gasteiger partial charge in [-0.25, -0.2) is 9.37 Å². The molecule has 5 nitrogen and oxygen atoms in total. The highest BCUT2D eigenvalue weighted by Gasteiger charge is 2.04. The Labute approximate surface area is 148 Å². The third kappa shape index (κ3) is 4.36. The molecule has 0 radical (unpaired) electrons. The second kappa shape index (κ2) is 7.81. The van der Waals surface area contributed by atoms with Crippen molar-refractivity contribution in [3.8, 4) is 17.2 Å². The first kappa shape index (κ1) is 17.0. The molecule has 2 heterocycles. The number of ether oxygens (including phenoxy) is 2. The SMILES string of the molecule is O=c1cc(OCCOc2cccnc2Cl)ccn1-c1ccc(F)cc1. The van der Waals surface area contributed by atoms with Crippen LogP contribution < -0.4 is 15.0 Å². The summed E-state index contributed by atoms with van der Waals surface area (Å²) in [6, 6.07) is 12.1. The van der Waals surface area contributed by atoms with E-state index in [4.69, 9.17) is 21.1 Å². The number of rotatable bonds is 6. The number of hydrogen-bond donors (Lipinski definition) is 0. The first-order chi connectivity index (χ1) is 12.1. The van der Waals surface area contributed by atoms with E-state index in [-0.39, 0.29) is 29.7 Å². The Bertz CT molecular complexity index is 913. The Morgan fingerprint density at radius 1 is 1.08 bits per heavy atom. The molecule has 0 aliphatic carbocycles. The number of halogens is 2. The molecule has 3 rings (SSSR count). The largest absolute Gasteiger partial charge is 0.490 e. The van der Waals surface area contributed by atoms with Gasteiger partial charge in [0, 0.05) is 24.1 Å². The lowest BCUT2D eigenvalue weighted by molar-refractivity contribution is 0.216. The van der Waals surface area contributed by atoms with Crippen LogP contribution in [0.5, 0.6) is 11.5 Å². The molecule has 0 saturated heterocycles. The third-order valence-corrected chi connectivity index (χ3v) is 3.61. The summed E-state index contributed by atoms with van der Waals surface area (Å²) in [5.74, 6) is 0.536. The van der Waals surface area contributed by atoms with Crippen LogP contribution >= 0.6 is 11.6 Å². The van der Waals surface area contributed by atoms with E-state index in [0.717, 1.165) is 0 Å². The molecule has 0 N–H and O–H groups in total. The average molecular weight is 361 g/mol.